The van der Waals surface area contributed by atoms with Gasteiger partial charge in [0.25, 0.3) is 0 Å². The van der Waals surface area contributed by atoms with Gasteiger partial charge < -0.3 is 29.1 Å². The van der Waals surface area contributed by atoms with Crippen molar-refractivity contribution in [1.29, 1.82) is 0 Å². The van der Waals surface area contributed by atoms with E-state index in [0.717, 1.165) is 22.5 Å². The van der Waals surface area contributed by atoms with Gasteiger partial charge in [0, 0.05) is 61.3 Å². The third-order valence-corrected chi connectivity index (χ3v) is 6.94. The van der Waals surface area contributed by atoms with Crippen LogP contribution in [0.3, 0.4) is 0 Å². The Morgan fingerprint density at radius 1 is 1.07 bits per heavy atom. The summed E-state index contributed by atoms with van der Waals surface area (Å²) >= 11 is 0. The first-order valence-electron chi connectivity index (χ1n) is 13.9. The Kier molecular flexibility index (Phi) is 8.15. The lowest BCUT2D eigenvalue weighted by Crippen LogP contribution is -2.38. The molecule has 0 spiro atoms. The van der Waals surface area contributed by atoms with E-state index >= 15 is 0 Å². The molecular weight excluding hydrogens is 548 g/mol. The molecule has 0 aliphatic carbocycles. The maximum Gasteiger partial charge on any atom is 0.410 e. The van der Waals surface area contributed by atoms with E-state index in [1.54, 1.807) is 37.4 Å². The first-order chi connectivity index (χ1) is 20.4. The first-order valence-corrected chi connectivity index (χ1v) is 13.9. The lowest BCUT2D eigenvalue weighted by atomic mass is 10.0. The van der Waals surface area contributed by atoms with Crippen LogP contribution in [-0.4, -0.2) is 80.9 Å². The van der Waals surface area contributed by atoms with E-state index in [4.69, 9.17) is 19.2 Å². The molecule has 11 nitrogen and oxygen atoms in total. The maximum atomic E-state index is 12.5. The van der Waals surface area contributed by atoms with Gasteiger partial charge in [-0.05, 0) is 39.0 Å². The number of ether oxygens (including phenoxy) is 3. The minimum absolute atomic E-state index is 0.0740. The molecule has 1 fully saturated rings. The smallest absolute Gasteiger partial charge is 0.410 e. The molecule has 1 atom stereocenters. The van der Waals surface area contributed by atoms with Gasteiger partial charge in [0.2, 0.25) is 0 Å². The van der Waals surface area contributed by atoms with Crippen LogP contribution < -0.4 is 14.4 Å². The number of rotatable bonds is 6. The van der Waals surface area contributed by atoms with E-state index in [0.29, 0.717) is 35.7 Å². The van der Waals surface area contributed by atoms with Crippen molar-refractivity contribution < 1.29 is 24.1 Å². The third-order valence-electron chi connectivity index (χ3n) is 6.94. The lowest BCUT2D eigenvalue weighted by Gasteiger charge is -2.25. The topological polar surface area (TPSA) is 115 Å². The number of aliphatic hydroxyl groups is 1. The summed E-state index contributed by atoms with van der Waals surface area (Å²) in [5.74, 6) is 7.41. The van der Waals surface area contributed by atoms with Crippen LogP contribution in [0.1, 0.15) is 27.2 Å². The molecule has 2 aromatic carbocycles. The molecule has 2 aromatic heterocycles. The number of amides is 1. The van der Waals surface area contributed by atoms with Gasteiger partial charge in [0.15, 0.2) is 0 Å². The Morgan fingerprint density at radius 3 is 2.47 bits per heavy atom. The molecule has 1 unspecified atom stereocenters. The zero-order chi connectivity index (χ0) is 30.8. The monoisotopic (exact) mass is 584 g/mol. The summed E-state index contributed by atoms with van der Waals surface area (Å²) < 4.78 is 18.2. The van der Waals surface area contributed by atoms with Crippen molar-refractivity contribution in [3.8, 4) is 34.6 Å². The molecule has 0 saturated carbocycles. The van der Waals surface area contributed by atoms with Crippen molar-refractivity contribution in [2.24, 2.45) is 7.05 Å². The van der Waals surface area contributed by atoms with Crippen LogP contribution in [0.5, 0.6) is 11.5 Å². The molecule has 1 aliphatic rings. The number of likely N-dealkylation sites (tertiary alicyclic amines) is 1. The lowest BCUT2D eigenvalue weighted by molar-refractivity contribution is 0.0239. The second kappa shape index (κ2) is 11.8. The number of carbonyl (C=O) groups is 1. The van der Waals surface area contributed by atoms with Crippen molar-refractivity contribution in [2.45, 2.75) is 38.4 Å². The van der Waals surface area contributed by atoms with Gasteiger partial charge in [-0.25, -0.2) is 9.78 Å². The molecule has 4 aromatic rings. The Hall–Kier alpha value is -4.82. The molecule has 224 valence electrons. The number of aromatic nitrogens is 4. The molecule has 43 heavy (non-hydrogen) atoms. The van der Waals surface area contributed by atoms with Crippen molar-refractivity contribution in [1.82, 2.24) is 24.6 Å². The minimum Gasteiger partial charge on any atom is -0.497 e. The number of fused-ring (bicyclic) bond motifs is 1. The van der Waals surface area contributed by atoms with Crippen LogP contribution in [0, 0.1) is 11.8 Å². The summed E-state index contributed by atoms with van der Waals surface area (Å²) in [4.78, 5) is 25.5. The van der Waals surface area contributed by atoms with Crippen LogP contribution in [0.15, 0.2) is 55.0 Å². The Morgan fingerprint density at radius 2 is 1.81 bits per heavy atom. The van der Waals surface area contributed by atoms with E-state index in [9.17, 15) is 9.90 Å². The van der Waals surface area contributed by atoms with Gasteiger partial charge in [-0.2, -0.15) is 5.10 Å². The second-order valence-electron chi connectivity index (χ2n) is 11.5. The number of methoxy groups -OCH3 is 2. The highest BCUT2D eigenvalue weighted by Crippen LogP contribution is 2.34. The molecule has 1 amide bonds. The van der Waals surface area contributed by atoms with Gasteiger partial charge in [0.1, 0.15) is 22.7 Å². The number of aryl methyl sites for hydroxylation is 1. The second-order valence-corrected chi connectivity index (χ2v) is 11.5. The number of benzene rings is 2. The highest BCUT2D eigenvalue weighted by Gasteiger charge is 2.38. The van der Waals surface area contributed by atoms with Gasteiger partial charge in [-0.3, -0.25) is 9.67 Å². The standard InChI is InChI=1S/C32H36N6O5/c1-31(2,3)43-30(39)37-13-11-32(40,21-37)10-7-12-38(24-14-25(41-5)17-26(15-24)42-6)23-8-9-27-28(16-23)35-29(19-33-27)22-18-34-36(4)20-22/h8-9,14-20,40H,11-13,21H2,1-6H3. The molecule has 1 aliphatic heterocycles. The largest absolute Gasteiger partial charge is 0.497 e. The van der Waals surface area contributed by atoms with Crippen molar-refractivity contribution in [2.75, 3.05) is 38.8 Å². The Labute approximate surface area is 251 Å². The van der Waals surface area contributed by atoms with E-state index in [1.807, 2.05) is 69.2 Å². The third kappa shape index (κ3) is 6.98. The van der Waals surface area contributed by atoms with Crippen LogP contribution in [0.4, 0.5) is 16.2 Å². The summed E-state index contributed by atoms with van der Waals surface area (Å²) in [7, 11) is 5.05. The molecule has 0 radical (unpaired) electrons. The number of carbonyl (C=O) groups excluding carboxylic acids is 1. The van der Waals surface area contributed by atoms with Gasteiger partial charge >= 0.3 is 6.09 Å². The van der Waals surface area contributed by atoms with Crippen molar-refractivity contribution in [3.63, 3.8) is 0 Å². The zero-order valence-corrected chi connectivity index (χ0v) is 25.3. The van der Waals surface area contributed by atoms with Crippen LogP contribution >= 0.6 is 0 Å². The molecule has 11 heteroatoms. The predicted molar refractivity (Wildman–Crippen MR) is 163 cm³/mol. The minimum atomic E-state index is -1.35. The molecular formula is C32H36N6O5. The van der Waals surface area contributed by atoms with Crippen LogP contribution in [0.25, 0.3) is 22.3 Å². The van der Waals surface area contributed by atoms with E-state index in [1.165, 1.54) is 4.90 Å². The van der Waals surface area contributed by atoms with E-state index < -0.39 is 17.3 Å². The fraction of sp³-hybridized carbons (Fsp3) is 0.375. The highest BCUT2D eigenvalue weighted by molar-refractivity contribution is 5.83. The summed E-state index contributed by atoms with van der Waals surface area (Å²) in [5, 5.41) is 15.4. The SMILES string of the molecule is COc1cc(OC)cc(N(CC#CC2(O)CCN(C(=O)OC(C)(C)C)C2)c2ccc3ncc(-c4cnn(C)c4)nc3c2)c1. The van der Waals surface area contributed by atoms with Gasteiger partial charge in [-0.1, -0.05) is 11.8 Å². The maximum absolute atomic E-state index is 12.5. The average molecular weight is 585 g/mol. The quantitative estimate of drug-likeness (QED) is 0.326. The Bertz CT molecular complexity index is 1680. The fourth-order valence-corrected chi connectivity index (χ4v) is 4.80. The normalized spacial score (nSPS) is 16.5. The van der Waals surface area contributed by atoms with Gasteiger partial charge in [0.05, 0.1) is 56.4 Å². The average Bonchev–Trinajstić information content (AvgIpc) is 3.59. The number of hydrogen-bond donors (Lipinski definition) is 1. The van der Waals surface area contributed by atoms with Crippen molar-refractivity contribution >= 4 is 28.5 Å². The molecule has 5 rings (SSSR count). The summed E-state index contributed by atoms with van der Waals surface area (Å²) in [6.07, 6.45) is 5.24. The molecule has 1 N–H and O–H groups in total. The van der Waals surface area contributed by atoms with E-state index in [2.05, 4.69) is 21.9 Å². The molecule has 3 heterocycles. The zero-order valence-electron chi connectivity index (χ0n) is 25.3. The fourth-order valence-electron chi connectivity index (χ4n) is 4.80. The summed E-state index contributed by atoms with van der Waals surface area (Å²) in [6.45, 7) is 6.10. The molecule has 0 bridgehead atoms. The number of hydrogen-bond acceptors (Lipinski definition) is 9. The van der Waals surface area contributed by atoms with Crippen molar-refractivity contribution in [3.05, 3.63) is 55.0 Å². The predicted octanol–water partition coefficient (Wildman–Crippen LogP) is 4.56. The van der Waals surface area contributed by atoms with Gasteiger partial charge in [-0.15, -0.1) is 0 Å². The summed E-state index contributed by atoms with van der Waals surface area (Å²) in [6, 6.07) is 11.4. The number of nitrogens with zero attached hydrogens (tertiary/aromatic N) is 6. The highest BCUT2D eigenvalue weighted by atomic mass is 16.6. The van der Waals surface area contributed by atoms with Crippen LogP contribution in [0.2, 0.25) is 0 Å². The Balaban J connectivity index is 1.47. The molecule has 1 saturated heterocycles. The summed E-state index contributed by atoms with van der Waals surface area (Å²) in [5.41, 5.74) is 2.64. The number of β-amino-alcohol motifs (C(OH)–C–C–N with tert-alkyl or cyclic N) is 1. The van der Waals surface area contributed by atoms with Crippen LogP contribution in [-0.2, 0) is 11.8 Å². The number of anilines is 2. The first kappa shape index (κ1) is 29.7. The van der Waals surface area contributed by atoms with E-state index in [-0.39, 0.29) is 13.1 Å².